The van der Waals surface area contributed by atoms with E-state index in [-0.39, 0.29) is 6.04 Å². The molecular weight excluding hydrogens is 411 g/mol. The number of amides is 1. The Kier molecular flexibility index (Phi) is 6.51. The van der Waals surface area contributed by atoms with Crippen LogP contribution in [0.25, 0.3) is 0 Å². The van der Waals surface area contributed by atoms with Gasteiger partial charge in [-0.05, 0) is 59.8 Å². The first-order chi connectivity index (χ1) is 15.1. The molecule has 176 valence electrons. The van der Waals surface area contributed by atoms with Gasteiger partial charge in [-0.2, -0.15) is 0 Å². The molecule has 9 nitrogen and oxygen atoms in total. The number of anilines is 1. The van der Waals surface area contributed by atoms with Crippen LogP contribution >= 0.6 is 0 Å². The van der Waals surface area contributed by atoms with Gasteiger partial charge >= 0.3 is 7.12 Å². The van der Waals surface area contributed by atoms with Gasteiger partial charge < -0.3 is 29.3 Å². The standard InChI is InChI=1S/C22H35BN4O5/c1-21(2)22(3,4)32-23(31-21)15-11-24-20(25-12-15)27(16-8-9-16)13-17-7-5-6-10-26(17)19(30)18(29)14-28/h11-12,16-18,28-29H,5-10,13-14H2,1-4H3/t17-,18+/m1/s1. The monoisotopic (exact) mass is 446 g/mol. The van der Waals surface area contributed by atoms with Gasteiger partial charge in [-0.15, -0.1) is 0 Å². The highest BCUT2D eigenvalue weighted by Crippen LogP contribution is 2.36. The number of aliphatic hydroxyl groups excluding tert-OH is 2. The minimum atomic E-state index is -1.36. The third kappa shape index (κ3) is 4.64. The zero-order valence-corrected chi connectivity index (χ0v) is 19.5. The van der Waals surface area contributed by atoms with E-state index in [2.05, 4.69) is 14.9 Å². The zero-order chi connectivity index (χ0) is 23.1. The Morgan fingerprint density at radius 3 is 2.38 bits per heavy atom. The van der Waals surface area contributed by atoms with E-state index in [0.717, 1.165) is 37.6 Å². The Bertz CT molecular complexity index is 801. The Labute approximate surface area is 190 Å². The quantitative estimate of drug-likeness (QED) is 0.583. The smallest absolute Gasteiger partial charge is 0.399 e. The van der Waals surface area contributed by atoms with Crippen LogP contribution in [-0.2, 0) is 14.1 Å². The topological polar surface area (TPSA) is 108 Å². The maximum Gasteiger partial charge on any atom is 0.498 e. The molecule has 1 aliphatic carbocycles. The summed E-state index contributed by atoms with van der Waals surface area (Å²) in [5, 5.41) is 19.1. The fourth-order valence-electron chi connectivity index (χ4n) is 4.34. The summed E-state index contributed by atoms with van der Waals surface area (Å²) >= 11 is 0. The van der Waals surface area contributed by atoms with Crippen LogP contribution in [0.4, 0.5) is 5.95 Å². The van der Waals surface area contributed by atoms with Crippen LogP contribution in [0.3, 0.4) is 0 Å². The molecule has 1 aromatic rings. The third-order valence-corrected chi connectivity index (χ3v) is 7.20. The molecule has 0 radical (unpaired) electrons. The number of carbonyl (C=O) groups excluding carboxylic acids is 1. The lowest BCUT2D eigenvalue weighted by atomic mass is 9.81. The van der Waals surface area contributed by atoms with Crippen LogP contribution in [0.5, 0.6) is 0 Å². The average molecular weight is 446 g/mol. The van der Waals surface area contributed by atoms with E-state index in [9.17, 15) is 15.0 Å². The number of nitrogens with zero attached hydrogens (tertiary/aromatic N) is 4. The summed E-state index contributed by atoms with van der Waals surface area (Å²) in [5.74, 6) is 0.235. The second kappa shape index (κ2) is 8.89. The van der Waals surface area contributed by atoms with Gasteiger partial charge in [0.25, 0.3) is 5.91 Å². The molecule has 0 spiro atoms. The highest BCUT2D eigenvalue weighted by atomic mass is 16.7. The predicted octanol–water partition coefficient (Wildman–Crippen LogP) is 0.479. The number of aliphatic hydroxyl groups is 2. The fraction of sp³-hybridized carbons (Fsp3) is 0.773. The molecule has 0 bridgehead atoms. The highest BCUT2D eigenvalue weighted by molar-refractivity contribution is 6.61. The molecule has 32 heavy (non-hydrogen) atoms. The van der Waals surface area contributed by atoms with Gasteiger partial charge in [-0.1, -0.05) is 0 Å². The van der Waals surface area contributed by atoms with Crippen molar-refractivity contribution in [1.29, 1.82) is 0 Å². The molecule has 2 atom stereocenters. The van der Waals surface area contributed by atoms with E-state index in [1.807, 2.05) is 27.7 Å². The molecule has 3 aliphatic rings. The second-order valence-corrected chi connectivity index (χ2v) is 10.2. The second-order valence-electron chi connectivity index (χ2n) is 10.2. The van der Waals surface area contributed by atoms with Crippen molar-refractivity contribution < 1.29 is 24.3 Å². The summed E-state index contributed by atoms with van der Waals surface area (Å²) in [4.78, 5) is 25.7. The highest BCUT2D eigenvalue weighted by Gasteiger charge is 2.52. The summed E-state index contributed by atoms with van der Waals surface area (Å²) in [5.41, 5.74) is -0.0670. The number of aromatic nitrogens is 2. The van der Waals surface area contributed by atoms with Gasteiger partial charge in [0.1, 0.15) is 0 Å². The lowest BCUT2D eigenvalue weighted by molar-refractivity contribution is -0.145. The first-order valence-electron chi connectivity index (χ1n) is 11.7. The van der Waals surface area contributed by atoms with E-state index in [1.165, 1.54) is 0 Å². The van der Waals surface area contributed by atoms with Gasteiger partial charge in [0.15, 0.2) is 6.10 Å². The van der Waals surface area contributed by atoms with Crippen LogP contribution < -0.4 is 10.4 Å². The molecule has 10 heteroatoms. The Morgan fingerprint density at radius 1 is 1.19 bits per heavy atom. The van der Waals surface area contributed by atoms with Crippen LogP contribution in [-0.4, -0.2) is 87.2 Å². The van der Waals surface area contributed by atoms with Gasteiger partial charge in [-0.25, -0.2) is 9.97 Å². The summed E-state index contributed by atoms with van der Waals surface area (Å²) in [7, 11) is -0.505. The molecule has 0 aromatic carbocycles. The van der Waals surface area contributed by atoms with E-state index in [1.54, 1.807) is 17.3 Å². The molecule has 2 saturated heterocycles. The van der Waals surface area contributed by atoms with Crippen molar-refractivity contribution in [2.75, 3.05) is 24.6 Å². The van der Waals surface area contributed by atoms with E-state index >= 15 is 0 Å². The van der Waals surface area contributed by atoms with Crippen LogP contribution in [0.1, 0.15) is 59.8 Å². The molecule has 3 heterocycles. The molecule has 3 fully saturated rings. The molecule has 2 N–H and O–H groups in total. The van der Waals surface area contributed by atoms with Gasteiger partial charge in [0.2, 0.25) is 5.95 Å². The van der Waals surface area contributed by atoms with E-state index in [0.29, 0.717) is 25.1 Å². The predicted molar refractivity (Wildman–Crippen MR) is 121 cm³/mol. The molecular formula is C22H35BN4O5. The van der Waals surface area contributed by atoms with Crippen molar-refractivity contribution in [3.05, 3.63) is 12.4 Å². The molecule has 1 saturated carbocycles. The van der Waals surface area contributed by atoms with Crippen molar-refractivity contribution in [3.8, 4) is 0 Å². The van der Waals surface area contributed by atoms with Gasteiger partial charge in [0, 0.05) is 43.0 Å². The van der Waals surface area contributed by atoms with Crippen molar-refractivity contribution in [3.63, 3.8) is 0 Å². The number of carbonyl (C=O) groups is 1. The molecule has 1 aromatic heterocycles. The Morgan fingerprint density at radius 2 is 1.81 bits per heavy atom. The van der Waals surface area contributed by atoms with Gasteiger partial charge in [-0.3, -0.25) is 4.79 Å². The first-order valence-corrected chi connectivity index (χ1v) is 11.7. The van der Waals surface area contributed by atoms with Crippen molar-refractivity contribution in [1.82, 2.24) is 14.9 Å². The fourth-order valence-corrected chi connectivity index (χ4v) is 4.34. The molecule has 4 rings (SSSR count). The lowest BCUT2D eigenvalue weighted by Gasteiger charge is -2.39. The minimum absolute atomic E-state index is 0.0376. The van der Waals surface area contributed by atoms with Crippen LogP contribution in [0, 0.1) is 0 Å². The number of rotatable bonds is 7. The molecule has 1 amide bonds. The number of hydrogen-bond acceptors (Lipinski definition) is 8. The molecule has 0 unspecified atom stereocenters. The van der Waals surface area contributed by atoms with Crippen molar-refractivity contribution in [2.24, 2.45) is 0 Å². The summed E-state index contributed by atoms with van der Waals surface area (Å²) < 4.78 is 12.2. The number of hydrogen-bond donors (Lipinski definition) is 2. The van der Waals surface area contributed by atoms with Gasteiger partial charge in [0.05, 0.1) is 17.8 Å². The Balaban J connectivity index is 1.48. The normalized spacial score (nSPS) is 25.6. The van der Waals surface area contributed by atoms with Crippen molar-refractivity contribution >= 4 is 24.4 Å². The van der Waals surface area contributed by atoms with Crippen LogP contribution in [0.15, 0.2) is 12.4 Å². The lowest BCUT2D eigenvalue weighted by Crippen LogP contribution is -2.53. The minimum Gasteiger partial charge on any atom is -0.399 e. The SMILES string of the molecule is CC1(C)OB(c2cnc(N(C[C@H]3CCCCN3C(=O)[C@@H](O)CO)C3CC3)nc2)OC1(C)C. The average Bonchev–Trinajstić information content (AvgIpc) is 3.58. The van der Waals surface area contributed by atoms with Crippen LogP contribution in [0.2, 0.25) is 0 Å². The summed E-state index contributed by atoms with van der Waals surface area (Å²) in [6.45, 7) is 8.72. The summed E-state index contributed by atoms with van der Waals surface area (Å²) in [6, 6.07) is 0.323. The summed E-state index contributed by atoms with van der Waals surface area (Å²) in [6.07, 6.45) is 7.11. The maximum absolute atomic E-state index is 12.6. The third-order valence-electron chi connectivity index (χ3n) is 7.20. The van der Waals surface area contributed by atoms with E-state index in [4.69, 9.17) is 9.31 Å². The van der Waals surface area contributed by atoms with E-state index < -0.39 is 36.9 Å². The number of piperidine rings is 1. The number of likely N-dealkylation sites (tertiary alicyclic amines) is 1. The maximum atomic E-state index is 12.6. The first kappa shape index (κ1) is 23.4. The Hall–Kier alpha value is -1.75. The largest absolute Gasteiger partial charge is 0.498 e. The zero-order valence-electron chi connectivity index (χ0n) is 19.5. The molecule has 2 aliphatic heterocycles. The van der Waals surface area contributed by atoms with Crippen molar-refractivity contribution in [2.45, 2.75) is 89.2 Å².